The molecule has 8 nitrogen and oxygen atoms in total. The van der Waals surface area contributed by atoms with Gasteiger partial charge in [-0.15, -0.1) is 11.3 Å². The number of rotatable bonds is 6. The van der Waals surface area contributed by atoms with Crippen molar-refractivity contribution in [2.45, 2.75) is 17.9 Å². The molecule has 138 valence electrons. The largest absolute Gasteiger partial charge is 0.449 e. The second-order valence-corrected chi connectivity index (χ2v) is 8.29. The molecule has 10 heteroatoms. The quantitative estimate of drug-likeness (QED) is 0.710. The maximum Gasteiger partial charge on any atom is 0.338 e. The lowest BCUT2D eigenvalue weighted by Gasteiger charge is -2.13. The van der Waals surface area contributed by atoms with Crippen LogP contribution in [-0.4, -0.2) is 38.6 Å². The molecule has 26 heavy (non-hydrogen) atoms. The zero-order chi connectivity index (χ0) is 19.5. The Labute approximate surface area is 153 Å². The van der Waals surface area contributed by atoms with Gasteiger partial charge < -0.3 is 15.8 Å². The van der Waals surface area contributed by atoms with Crippen LogP contribution in [0.2, 0.25) is 0 Å². The Morgan fingerprint density at radius 2 is 1.77 bits per heavy atom. The molecule has 0 aliphatic carbocycles. The van der Waals surface area contributed by atoms with Crippen LogP contribution in [0.4, 0.5) is 5.00 Å². The molecule has 0 saturated carbocycles. The van der Waals surface area contributed by atoms with Gasteiger partial charge in [0.1, 0.15) is 5.00 Å². The standard InChI is InChI=1S/C16H16N2O6S2/c1-9(14(20)18-15-12(13(17)19)7-8-25-15)24-16(21)10-3-5-11(6-4-10)26(2,22)23/h3-9H,1-2H3,(H2,17,19)(H,18,20)/t9-/m0/s1. The van der Waals surface area contributed by atoms with Gasteiger partial charge in [-0.25, -0.2) is 13.2 Å². The Morgan fingerprint density at radius 1 is 1.15 bits per heavy atom. The molecule has 0 aliphatic heterocycles. The number of sulfone groups is 1. The van der Waals surface area contributed by atoms with Crippen LogP contribution in [0.5, 0.6) is 0 Å². The number of primary amides is 1. The topological polar surface area (TPSA) is 133 Å². The second kappa shape index (κ2) is 7.67. The van der Waals surface area contributed by atoms with E-state index in [1.807, 2.05) is 0 Å². The van der Waals surface area contributed by atoms with Gasteiger partial charge in [0, 0.05) is 6.26 Å². The Kier molecular flexibility index (Phi) is 5.78. The Hall–Kier alpha value is -2.72. The number of carbonyl (C=O) groups excluding carboxylic acids is 3. The highest BCUT2D eigenvalue weighted by Gasteiger charge is 2.21. The fraction of sp³-hybridized carbons (Fsp3) is 0.188. The van der Waals surface area contributed by atoms with Gasteiger partial charge in [-0.05, 0) is 42.6 Å². The maximum atomic E-state index is 12.1. The molecule has 0 aliphatic rings. The van der Waals surface area contributed by atoms with Crippen molar-refractivity contribution in [1.82, 2.24) is 0 Å². The summed E-state index contributed by atoms with van der Waals surface area (Å²) in [5.41, 5.74) is 5.47. The number of thiophene rings is 1. The first-order valence-electron chi connectivity index (χ1n) is 7.29. The molecular formula is C16H16N2O6S2. The molecule has 1 aromatic heterocycles. The maximum absolute atomic E-state index is 12.1. The minimum Gasteiger partial charge on any atom is -0.449 e. The first-order valence-corrected chi connectivity index (χ1v) is 10.1. The lowest BCUT2D eigenvalue weighted by Crippen LogP contribution is -2.30. The molecular weight excluding hydrogens is 380 g/mol. The summed E-state index contributed by atoms with van der Waals surface area (Å²) in [6.45, 7) is 1.37. The van der Waals surface area contributed by atoms with Crippen LogP contribution >= 0.6 is 11.3 Å². The number of nitrogens with one attached hydrogen (secondary N) is 1. The summed E-state index contributed by atoms with van der Waals surface area (Å²) >= 11 is 1.11. The van der Waals surface area contributed by atoms with Gasteiger partial charge in [0.05, 0.1) is 16.0 Å². The normalized spacial score (nSPS) is 12.2. The highest BCUT2D eigenvalue weighted by Crippen LogP contribution is 2.23. The third-order valence-electron chi connectivity index (χ3n) is 3.34. The second-order valence-electron chi connectivity index (χ2n) is 5.36. The molecule has 0 unspecified atom stereocenters. The van der Waals surface area contributed by atoms with Crippen molar-refractivity contribution < 1.29 is 27.5 Å². The number of amides is 2. The highest BCUT2D eigenvalue weighted by atomic mass is 32.2. The molecule has 3 N–H and O–H groups in total. The molecule has 0 fully saturated rings. The molecule has 2 rings (SSSR count). The first-order chi connectivity index (χ1) is 12.1. The minimum absolute atomic E-state index is 0.0662. The van der Waals surface area contributed by atoms with Crippen molar-refractivity contribution in [3.8, 4) is 0 Å². The van der Waals surface area contributed by atoms with E-state index < -0.39 is 33.7 Å². The number of benzene rings is 1. The number of ether oxygens (including phenoxy) is 1. The summed E-state index contributed by atoms with van der Waals surface area (Å²) in [5, 5.41) is 4.34. The van der Waals surface area contributed by atoms with Crippen LogP contribution in [-0.2, 0) is 19.4 Å². The van der Waals surface area contributed by atoms with E-state index in [2.05, 4.69) is 5.32 Å². The molecule has 0 spiro atoms. The van der Waals surface area contributed by atoms with Gasteiger partial charge in [-0.2, -0.15) is 0 Å². The number of nitrogens with two attached hydrogens (primary N) is 1. The average Bonchev–Trinajstić information content (AvgIpc) is 3.02. The van der Waals surface area contributed by atoms with Crippen molar-refractivity contribution in [3.05, 3.63) is 46.8 Å². The lowest BCUT2D eigenvalue weighted by molar-refractivity contribution is -0.123. The summed E-state index contributed by atoms with van der Waals surface area (Å²) in [7, 11) is -3.37. The van der Waals surface area contributed by atoms with Gasteiger partial charge in [0.15, 0.2) is 15.9 Å². The zero-order valence-corrected chi connectivity index (χ0v) is 15.5. The average molecular weight is 396 g/mol. The van der Waals surface area contributed by atoms with Gasteiger partial charge >= 0.3 is 5.97 Å². The zero-order valence-electron chi connectivity index (χ0n) is 13.9. The number of hydrogen-bond donors (Lipinski definition) is 2. The van der Waals surface area contributed by atoms with E-state index in [0.717, 1.165) is 17.6 Å². The fourth-order valence-corrected chi connectivity index (χ4v) is 3.36. The van der Waals surface area contributed by atoms with E-state index in [0.29, 0.717) is 0 Å². The van der Waals surface area contributed by atoms with Crippen LogP contribution in [0.25, 0.3) is 0 Å². The van der Waals surface area contributed by atoms with E-state index >= 15 is 0 Å². The van der Waals surface area contributed by atoms with Gasteiger partial charge in [-0.3, -0.25) is 9.59 Å². The van der Waals surface area contributed by atoms with Crippen LogP contribution in [0.15, 0.2) is 40.6 Å². The molecule has 1 heterocycles. The minimum atomic E-state index is -3.37. The van der Waals surface area contributed by atoms with E-state index in [1.54, 1.807) is 5.38 Å². The van der Waals surface area contributed by atoms with Crippen LogP contribution in [0.1, 0.15) is 27.6 Å². The fourth-order valence-electron chi connectivity index (χ4n) is 1.93. The molecule has 0 radical (unpaired) electrons. The summed E-state index contributed by atoms with van der Waals surface area (Å²) in [5.74, 6) is -2.10. The predicted octanol–water partition coefficient (Wildman–Crippen LogP) is 1.43. The van der Waals surface area contributed by atoms with E-state index in [1.165, 1.54) is 37.3 Å². The summed E-state index contributed by atoms with van der Waals surface area (Å²) < 4.78 is 27.9. The Morgan fingerprint density at radius 3 is 2.31 bits per heavy atom. The number of esters is 1. The molecule has 2 aromatic rings. The highest BCUT2D eigenvalue weighted by molar-refractivity contribution is 7.90. The Bertz CT molecular complexity index is 947. The van der Waals surface area contributed by atoms with Crippen LogP contribution < -0.4 is 11.1 Å². The van der Waals surface area contributed by atoms with Crippen molar-refractivity contribution in [2.75, 3.05) is 11.6 Å². The van der Waals surface area contributed by atoms with Gasteiger partial charge in [0.2, 0.25) is 0 Å². The van der Waals surface area contributed by atoms with E-state index in [-0.39, 0.29) is 21.0 Å². The predicted molar refractivity (Wildman–Crippen MR) is 95.9 cm³/mol. The van der Waals surface area contributed by atoms with E-state index in [9.17, 15) is 22.8 Å². The molecule has 1 atom stereocenters. The SMILES string of the molecule is C[C@H](OC(=O)c1ccc(S(C)(=O)=O)cc1)C(=O)Nc1sccc1C(N)=O. The lowest BCUT2D eigenvalue weighted by atomic mass is 10.2. The van der Waals surface area contributed by atoms with Crippen LogP contribution in [0, 0.1) is 0 Å². The monoisotopic (exact) mass is 396 g/mol. The number of hydrogen-bond acceptors (Lipinski definition) is 7. The van der Waals surface area contributed by atoms with Gasteiger partial charge in [0.25, 0.3) is 11.8 Å². The van der Waals surface area contributed by atoms with Crippen molar-refractivity contribution >= 4 is 44.0 Å². The third-order valence-corrected chi connectivity index (χ3v) is 5.30. The van der Waals surface area contributed by atoms with Crippen molar-refractivity contribution in [1.29, 1.82) is 0 Å². The Balaban J connectivity index is 2.03. The molecule has 1 aromatic carbocycles. The van der Waals surface area contributed by atoms with Crippen molar-refractivity contribution in [3.63, 3.8) is 0 Å². The summed E-state index contributed by atoms with van der Waals surface area (Å²) in [4.78, 5) is 35.5. The summed E-state index contributed by atoms with van der Waals surface area (Å²) in [6.07, 6.45) is -0.0857. The summed E-state index contributed by atoms with van der Waals surface area (Å²) in [6, 6.07) is 6.63. The third kappa shape index (κ3) is 4.67. The molecule has 0 bridgehead atoms. The first kappa shape index (κ1) is 19.6. The smallest absolute Gasteiger partial charge is 0.338 e. The number of carbonyl (C=O) groups is 3. The van der Waals surface area contributed by atoms with Crippen LogP contribution in [0.3, 0.4) is 0 Å². The molecule has 2 amide bonds. The number of anilines is 1. The van der Waals surface area contributed by atoms with E-state index in [4.69, 9.17) is 10.5 Å². The van der Waals surface area contributed by atoms with Crippen molar-refractivity contribution in [2.24, 2.45) is 5.73 Å². The van der Waals surface area contributed by atoms with Gasteiger partial charge in [-0.1, -0.05) is 0 Å². The molecule has 0 saturated heterocycles.